The molecule has 1 atom stereocenters. The van der Waals surface area contributed by atoms with Crippen molar-refractivity contribution < 1.29 is 4.74 Å². The Morgan fingerprint density at radius 3 is 2.68 bits per heavy atom. The predicted molar refractivity (Wildman–Crippen MR) is 133 cm³/mol. The predicted octanol–water partition coefficient (Wildman–Crippen LogP) is 0.856. The Morgan fingerprint density at radius 2 is 1.97 bits per heavy atom. The van der Waals surface area contributed by atoms with Crippen molar-refractivity contribution in [2.45, 2.75) is 32.4 Å². The molecule has 31 heavy (non-hydrogen) atoms. The second-order valence-corrected chi connectivity index (χ2v) is 8.41. The normalized spacial score (nSPS) is 22.8. The van der Waals surface area contributed by atoms with E-state index in [0.29, 0.717) is 12.6 Å². The summed E-state index contributed by atoms with van der Waals surface area (Å²) in [6.07, 6.45) is 6.85. The lowest BCUT2D eigenvalue weighted by Gasteiger charge is -2.27. The van der Waals surface area contributed by atoms with Crippen molar-refractivity contribution in [2.75, 3.05) is 65.6 Å². The first-order chi connectivity index (χ1) is 14.7. The number of halogens is 1. The van der Waals surface area contributed by atoms with E-state index in [1.807, 2.05) is 18.5 Å². The van der Waals surface area contributed by atoms with E-state index in [4.69, 9.17) is 9.73 Å². The number of ether oxygens (including phenoxy) is 1. The van der Waals surface area contributed by atoms with E-state index in [9.17, 15) is 0 Å². The molecule has 0 spiro atoms. The minimum Gasteiger partial charge on any atom is -0.379 e. The first-order valence-corrected chi connectivity index (χ1v) is 11.3. The molecule has 0 amide bonds. The number of hydrogen-bond donors (Lipinski definition) is 1. The third kappa shape index (κ3) is 6.62. The lowest BCUT2D eigenvalue weighted by molar-refractivity contribution is 0.0375. The Bertz CT molecular complexity index is 738. The maximum Gasteiger partial charge on any atom is 0.194 e. The molecule has 0 radical (unpaired) electrons. The van der Waals surface area contributed by atoms with E-state index >= 15 is 0 Å². The van der Waals surface area contributed by atoms with Crippen LogP contribution in [-0.4, -0.2) is 107 Å². The molecule has 1 unspecified atom stereocenters. The lowest BCUT2D eigenvalue weighted by Crippen LogP contribution is -2.44. The summed E-state index contributed by atoms with van der Waals surface area (Å²) in [6, 6.07) is 0.609. The topological polar surface area (TPSA) is 74.0 Å². The average Bonchev–Trinajstić information content (AvgIpc) is 3.52. The highest BCUT2D eigenvalue weighted by Crippen LogP contribution is 2.18. The standard InChI is InChI=1S/C21H36N8O.HI/c1-18-24-25-20(26(18)2)16-23-21(22-7-5-8-27-12-14-30-15-13-27)29-11-6-19(17-29)28-9-3-4-10-28;/h3-4,19H,5-17H2,1-2H3,(H,22,23);1H. The Morgan fingerprint density at radius 1 is 1.19 bits per heavy atom. The Hall–Kier alpha value is -1.24. The first kappa shape index (κ1) is 24.4. The van der Waals surface area contributed by atoms with E-state index in [-0.39, 0.29) is 24.0 Å². The van der Waals surface area contributed by atoms with Gasteiger partial charge < -0.3 is 19.5 Å². The van der Waals surface area contributed by atoms with Crippen LogP contribution in [0.5, 0.6) is 0 Å². The van der Waals surface area contributed by atoms with Crippen LogP contribution in [0.15, 0.2) is 17.1 Å². The minimum absolute atomic E-state index is 0. The second-order valence-electron chi connectivity index (χ2n) is 8.41. The summed E-state index contributed by atoms with van der Waals surface area (Å²) in [6.45, 7) is 12.6. The zero-order chi connectivity index (χ0) is 20.8. The molecule has 0 aromatic carbocycles. The number of rotatable bonds is 7. The lowest BCUT2D eigenvalue weighted by atomic mass is 10.2. The van der Waals surface area contributed by atoms with Crippen LogP contribution in [0.3, 0.4) is 0 Å². The van der Waals surface area contributed by atoms with Crippen LogP contribution < -0.4 is 5.32 Å². The van der Waals surface area contributed by atoms with Crippen molar-refractivity contribution in [3.05, 3.63) is 23.8 Å². The fourth-order valence-electron chi connectivity index (χ4n) is 4.35. The maximum absolute atomic E-state index is 5.44. The molecule has 1 N–H and O–H groups in total. The van der Waals surface area contributed by atoms with Crippen LogP contribution in [0, 0.1) is 6.92 Å². The molecule has 0 aliphatic carbocycles. The van der Waals surface area contributed by atoms with E-state index < -0.39 is 0 Å². The number of aryl methyl sites for hydroxylation is 1. The number of hydrogen-bond acceptors (Lipinski definition) is 6. The number of aromatic nitrogens is 3. The van der Waals surface area contributed by atoms with Gasteiger partial charge in [0.1, 0.15) is 12.4 Å². The van der Waals surface area contributed by atoms with Gasteiger partial charge in [-0.15, -0.1) is 34.2 Å². The zero-order valence-electron chi connectivity index (χ0n) is 18.9. The molecule has 10 heteroatoms. The van der Waals surface area contributed by atoms with Crippen LogP contribution in [0.2, 0.25) is 0 Å². The maximum atomic E-state index is 5.44. The van der Waals surface area contributed by atoms with Crippen molar-refractivity contribution in [1.82, 2.24) is 34.8 Å². The van der Waals surface area contributed by atoms with Gasteiger partial charge in [0, 0.05) is 58.9 Å². The van der Waals surface area contributed by atoms with Gasteiger partial charge in [-0.1, -0.05) is 12.2 Å². The fourth-order valence-corrected chi connectivity index (χ4v) is 4.35. The number of morpholine rings is 1. The van der Waals surface area contributed by atoms with Crippen LogP contribution in [-0.2, 0) is 18.3 Å². The molecule has 2 saturated heterocycles. The summed E-state index contributed by atoms with van der Waals surface area (Å²) in [4.78, 5) is 12.4. The highest BCUT2D eigenvalue weighted by Gasteiger charge is 2.29. The number of guanidine groups is 1. The highest BCUT2D eigenvalue weighted by molar-refractivity contribution is 14.0. The monoisotopic (exact) mass is 544 g/mol. The van der Waals surface area contributed by atoms with Crippen LogP contribution in [0.1, 0.15) is 24.5 Å². The number of aliphatic imine (C=N–C) groups is 1. The summed E-state index contributed by atoms with van der Waals surface area (Å²) in [7, 11) is 2.00. The molecular weight excluding hydrogens is 507 g/mol. The molecule has 1 aromatic rings. The van der Waals surface area contributed by atoms with Crippen molar-refractivity contribution >= 4 is 29.9 Å². The molecule has 0 bridgehead atoms. The van der Waals surface area contributed by atoms with Gasteiger partial charge in [-0.3, -0.25) is 9.80 Å². The van der Waals surface area contributed by atoms with Gasteiger partial charge in [0.15, 0.2) is 11.8 Å². The first-order valence-electron chi connectivity index (χ1n) is 11.3. The summed E-state index contributed by atoms with van der Waals surface area (Å²) >= 11 is 0. The van der Waals surface area contributed by atoms with E-state index in [1.54, 1.807) is 0 Å². The quantitative estimate of drug-likeness (QED) is 0.180. The molecule has 2 fully saturated rings. The van der Waals surface area contributed by atoms with Crippen molar-refractivity contribution in [3.63, 3.8) is 0 Å². The third-order valence-corrected chi connectivity index (χ3v) is 6.42. The summed E-state index contributed by atoms with van der Waals surface area (Å²) < 4.78 is 7.46. The Labute approximate surface area is 202 Å². The molecule has 174 valence electrons. The molecule has 9 nitrogen and oxygen atoms in total. The van der Waals surface area contributed by atoms with Gasteiger partial charge in [-0.25, -0.2) is 4.99 Å². The molecule has 3 aliphatic heterocycles. The smallest absolute Gasteiger partial charge is 0.194 e. The van der Waals surface area contributed by atoms with E-state index in [0.717, 1.165) is 89.6 Å². The van der Waals surface area contributed by atoms with Crippen molar-refractivity contribution in [1.29, 1.82) is 0 Å². The van der Waals surface area contributed by atoms with Crippen LogP contribution in [0.25, 0.3) is 0 Å². The Balaban J connectivity index is 0.00000272. The summed E-state index contributed by atoms with van der Waals surface area (Å²) in [5.41, 5.74) is 0. The van der Waals surface area contributed by atoms with Gasteiger partial charge in [0.2, 0.25) is 0 Å². The summed E-state index contributed by atoms with van der Waals surface area (Å²) in [5, 5.41) is 12.1. The minimum atomic E-state index is 0. The average molecular weight is 544 g/mol. The second kappa shape index (κ2) is 12.1. The largest absolute Gasteiger partial charge is 0.379 e. The summed E-state index contributed by atoms with van der Waals surface area (Å²) in [5.74, 6) is 2.83. The fraction of sp³-hybridized carbons (Fsp3) is 0.762. The number of nitrogens with one attached hydrogen (secondary N) is 1. The molecule has 3 aliphatic rings. The zero-order valence-corrected chi connectivity index (χ0v) is 21.2. The number of likely N-dealkylation sites (tertiary alicyclic amines) is 1. The molecule has 4 rings (SSSR count). The van der Waals surface area contributed by atoms with Crippen molar-refractivity contribution in [3.8, 4) is 0 Å². The van der Waals surface area contributed by atoms with Crippen LogP contribution in [0.4, 0.5) is 0 Å². The van der Waals surface area contributed by atoms with Gasteiger partial charge in [0.05, 0.1) is 13.2 Å². The molecule has 4 heterocycles. The third-order valence-electron chi connectivity index (χ3n) is 6.42. The van der Waals surface area contributed by atoms with Crippen LogP contribution >= 0.6 is 24.0 Å². The van der Waals surface area contributed by atoms with Gasteiger partial charge in [-0.05, 0) is 26.3 Å². The van der Waals surface area contributed by atoms with Crippen molar-refractivity contribution in [2.24, 2.45) is 12.0 Å². The van der Waals surface area contributed by atoms with E-state index in [2.05, 4.69) is 42.4 Å². The molecule has 0 saturated carbocycles. The molecule has 1 aromatic heterocycles. The SMILES string of the molecule is Cc1nnc(CN=C(NCCCN2CCOCC2)N2CCC(N3CC=CC3)C2)n1C.I. The van der Waals surface area contributed by atoms with Gasteiger partial charge in [-0.2, -0.15) is 0 Å². The van der Waals surface area contributed by atoms with E-state index in [1.165, 1.54) is 6.42 Å². The highest BCUT2D eigenvalue weighted by atomic mass is 127. The van der Waals surface area contributed by atoms with Gasteiger partial charge >= 0.3 is 0 Å². The molecular formula is C21H37IN8O. The Kier molecular flexibility index (Phi) is 9.54. The number of nitrogens with zero attached hydrogens (tertiary/aromatic N) is 7. The van der Waals surface area contributed by atoms with Gasteiger partial charge in [0.25, 0.3) is 0 Å².